The van der Waals surface area contributed by atoms with Gasteiger partial charge in [-0.3, -0.25) is 0 Å². The van der Waals surface area contributed by atoms with Crippen molar-refractivity contribution in [1.29, 1.82) is 5.26 Å². The number of hydrogen-bond donors (Lipinski definition) is 0. The molecular weight excluding hydrogens is 156 g/mol. The van der Waals surface area contributed by atoms with E-state index in [2.05, 4.69) is 0 Å². The van der Waals surface area contributed by atoms with Crippen LogP contribution < -0.4 is 0 Å². The quantitative estimate of drug-likeness (QED) is 0.544. The first kappa shape index (κ1) is 8.60. The number of nitrogens with zero attached hydrogens (tertiary/aromatic N) is 2. The summed E-state index contributed by atoms with van der Waals surface area (Å²) in [7, 11) is 0. The van der Waals surface area contributed by atoms with Crippen LogP contribution in [0.4, 0.5) is 4.79 Å². The minimum atomic E-state index is -0.299. The van der Waals surface area contributed by atoms with Gasteiger partial charge in [-0.2, -0.15) is 5.26 Å². The summed E-state index contributed by atoms with van der Waals surface area (Å²) in [5, 5.41) is 8.27. The lowest BCUT2D eigenvalue weighted by atomic mass is 10.1. The molecule has 1 aliphatic rings. The van der Waals surface area contributed by atoms with E-state index in [9.17, 15) is 4.79 Å². The Balaban J connectivity index is 2.30. The number of carbonyl (C=O) groups excluding carboxylic acids is 1. The van der Waals surface area contributed by atoms with Crippen molar-refractivity contribution in [2.24, 2.45) is 0 Å². The molecule has 12 heavy (non-hydrogen) atoms. The van der Waals surface area contributed by atoms with Crippen LogP contribution in [0.3, 0.4) is 0 Å². The second-order valence-electron chi connectivity index (χ2n) is 2.49. The summed E-state index contributed by atoms with van der Waals surface area (Å²) in [6.45, 7) is 3.23. The number of carbonyl (C=O) groups is 1. The van der Waals surface area contributed by atoms with E-state index in [1.807, 2.05) is 6.07 Å². The highest BCUT2D eigenvalue weighted by Gasteiger charge is 2.25. The highest BCUT2D eigenvalue weighted by atomic mass is 16.6. The maximum absolute atomic E-state index is 11.0. The molecule has 1 rings (SSSR count). The molecule has 4 nitrogen and oxygen atoms in total. The van der Waals surface area contributed by atoms with E-state index in [1.54, 1.807) is 11.8 Å². The van der Waals surface area contributed by atoms with Crippen LogP contribution in [-0.4, -0.2) is 30.7 Å². The van der Waals surface area contributed by atoms with Crippen molar-refractivity contribution in [3.63, 3.8) is 0 Å². The maximum atomic E-state index is 11.0. The Morgan fingerprint density at radius 1 is 1.83 bits per heavy atom. The van der Waals surface area contributed by atoms with Gasteiger partial charge in [0.25, 0.3) is 0 Å². The Bertz CT molecular complexity index is 244. The van der Waals surface area contributed by atoms with Gasteiger partial charge < -0.3 is 9.64 Å². The van der Waals surface area contributed by atoms with Gasteiger partial charge in [0.05, 0.1) is 12.7 Å². The largest absolute Gasteiger partial charge is 0.450 e. The summed E-state index contributed by atoms with van der Waals surface area (Å²) in [6.07, 6.45) is 1.17. The second kappa shape index (κ2) is 3.77. The summed E-state index contributed by atoms with van der Waals surface area (Å²) >= 11 is 0. The van der Waals surface area contributed by atoms with Crippen LogP contribution >= 0.6 is 0 Å². The third-order valence-electron chi connectivity index (χ3n) is 1.58. The fourth-order valence-electron chi connectivity index (χ4n) is 0.970. The van der Waals surface area contributed by atoms with E-state index in [1.165, 1.54) is 6.08 Å². The Morgan fingerprint density at radius 3 is 3.00 bits per heavy atom. The Morgan fingerprint density at radius 2 is 2.50 bits per heavy atom. The molecule has 1 amide bonds. The van der Waals surface area contributed by atoms with Gasteiger partial charge in [-0.25, -0.2) is 4.79 Å². The Hall–Kier alpha value is -1.50. The zero-order valence-corrected chi connectivity index (χ0v) is 6.91. The zero-order chi connectivity index (χ0) is 8.97. The van der Waals surface area contributed by atoms with Crippen LogP contribution in [0, 0.1) is 11.3 Å². The lowest BCUT2D eigenvalue weighted by Gasteiger charge is -2.32. The molecule has 1 aliphatic heterocycles. The first-order valence-corrected chi connectivity index (χ1v) is 3.77. The average molecular weight is 166 g/mol. The number of amides is 1. The molecule has 0 aliphatic carbocycles. The number of allylic oxidation sites excluding steroid dienone is 1. The van der Waals surface area contributed by atoms with Gasteiger partial charge in [-0.05, 0) is 12.5 Å². The molecule has 0 bridgehead atoms. The van der Waals surface area contributed by atoms with Crippen molar-refractivity contribution in [3.8, 4) is 6.07 Å². The van der Waals surface area contributed by atoms with Crippen LogP contribution in [-0.2, 0) is 4.74 Å². The third-order valence-corrected chi connectivity index (χ3v) is 1.58. The number of nitriles is 1. The van der Waals surface area contributed by atoms with Gasteiger partial charge in [0.1, 0.15) is 0 Å². The number of ether oxygens (including phenoxy) is 1. The summed E-state index contributed by atoms with van der Waals surface area (Å²) in [4.78, 5) is 12.5. The summed E-state index contributed by atoms with van der Waals surface area (Å²) < 4.78 is 4.75. The van der Waals surface area contributed by atoms with Gasteiger partial charge in [0.2, 0.25) is 0 Å². The summed E-state index contributed by atoms with van der Waals surface area (Å²) in [6, 6.07) is 1.92. The SMILES string of the molecule is CCOC(=O)N1CC(=CC#N)C1. The highest BCUT2D eigenvalue weighted by Crippen LogP contribution is 2.14. The molecule has 4 heteroatoms. The standard InChI is InChI=1S/C8H10N2O2/c1-2-12-8(11)10-5-7(6-10)3-4-9/h3H,2,5-6H2,1H3. The molecule has 64 valence electrons. The molecule has 0 N–H and O–H groups in total. The molecule has 0 saturated carbocycles. The number of likely N-dealkylation sites (tertiary alicyclic amines) is 1. The fraction of sp³-hybridized carbons (Fsp3) is 0.500. The molecule has 0 atom stereocenters. The highest BCUT2D eigenvalue weighted by molar-refractivity contribution is 5.70. The van der Waals surface area contributed by atoms with Crippen molar-refractivity contribution in [2.45, 2.75) is 6.92 Å². The van der Waals surface area contributed by atoms with Crippen LogP contribution in [0.2, 0.25) is 0 Å². The van der Waals surface area contributed by atoms with Crippen LogP contribution in [0.15, 0.2) is 11.6 Å². The molecule has 0 aromatic rings. The predicted octanol–water partition coefficient (Wildman–Crippen LogP) is 0.908. The summed E-state index contributed by atoms with van der Waals surface area (Å²) in [5.41, 5.74) is 0.977. The van der Waals surface area contributed by atoms with Crippen LogP contribution in [0.25, 0.3) is 0 Å². The summed E-state index contributed by atoms with van der Waals surface area (Å²) in [5.74, 6) is 0. The first-order chi connectivity index (χ1) is 5.77. The van der Waals surface area contributed by atoms with E-state index in [0.29, 0.717) is 19.7 Å². The lowest BCUT2D eigenvalue weighted by molar-refractivity contribution is 0.101. The van der Waals surface area contributed by atoms with Gasteiger partial charge in [0.15, 0.2) is 0 Å². The molecule has 1 fully saturated rings. The van der Waals surface area contributed by atoms with Crippen molar-refractivity contribution in [1.82, 2.24) is 4.90 Å². The molecule has 1 saturated heterocycles. The van der Waals surface area contributed by atoms with Crippen molar-refractivity contribution >= 4 is 6.09 Å². The number of hydrogen-bond acceptors (Lipinski definition) is 3. The molecule has 0 aromatic carbocycles. The predicted molar refractivity (Wildman–Crippen MR) is 42.3 cm³/mol. The van der Waals surface area contributed by atoms with Gasteiger partial charge >= 0.3 is 6.09 Å². The maximum Gasteiger partial charge on any atom is 0.410 e. The van der Waals surface area contributed by atoms with E-state index in [-0.39, 0.29) is 6.09 Å². The van der Waals surface area contributed by atoms with Gasteiger partial charge in [0, 0.05) is 19.2 Å². The van der Waals surface area contributed by atoms with Gasteiger partial charge in [-0.1, -0.05) is 0 Å². The molecule has 0 radical (unpaired) electrons. The minimum Gasteiger partial charge on any atom is -0.450 e. The van der Waals surface area contributed by atoms with Crippen molar-refractivity contribution in [3.05, 3.63) is 11.6 Å². The zero-order valence-electron chi connectivity index (χ0n) is 6.91. The third kappa shape index (κ3) is 1.76. The van der Waals surface area contributed by atoms with Crippen LogP contribution in [0.1, 0.15) is 6.92 Å². The van der Waals surface area contributed by atoms with E-state index in [0.717, 1.165) is 5.57 Å². The molecular formula is C8H10N2O2. The topological polar surface area (TPSA) is 53.3 Å². The van der Waals surface area contributed by atoms with E-state index < -0.39 is 0 Å². The van der Waals surface area contributed by atoms with Gasteiger partial charge in [-0.15, -0.1) is 0 Å². The molecule has 1 heterocycles. The Kier molecular flexibility index (Phi) is 2.70. The van der Waals surface area contributed by atoms with Crippen molar-refractivity contribution in [2.75, 3.05) is 19.7 Å². The van der Waals surface area contributed by atoms with E-state index in [4.69, 9.17) is 10.00 Å². The molecule has 0 unspecified atom stereocenters. The normalized spacial score (nSPS) is 14.7. The monoisotopic (exact) mass is 166 g/mol. The molecule has 0 spiro atoms. The second-order valence-corrected chi connectivity index (χ2v) is 2.49. The molecule has 0 aromatic heterocycles. The lowest BCUT2D eigenvalue weighted by Crippen LogP contribution is -2.44. The smallest absolute Gasteiger partial charge is 0.410 e. The number of rotatable bonds is 1. The Labute approximate surface area is 71.0 Å². The fourth-order valence-corrected chi connectivity index (χ4v) is 0.970. The van der Waals surface area contributed by atoms with Crippen LogP contribution in [0.5, 0.6) is 0 Å². The van der Waals surface area contributed by atoms with E-state index >= 15 is 0 Å². The average Bonchev–Trinajstić information content (AvgIpc) is 1.96. The minimum absolute atomic E-state index is 0.299. The van der Waals surface area contributed by atoms with Crippen molar-refractivity contribution < 1.29 is 9.53 Å². The first-order valence-electron chi connectivity index (χ1n) is 3.77.